The molecule has 1 amide bonds. The summed E-state index contributed by atoms with van der Waals surface area (Å²) in [6.07, 6.45) is 0.782. The van der Waals surface area contributed by atoms with Crippen LogP contribution in [0.1, 0.15) is 23.2 Å². The highest BCUT2D eigenvalue weighted by Crippen LogP contribution is 2.27. The summed E-state index contributed by atoms with van der Waals surface area (Å²) in [6, 6.07) is 2.18. The SMILES string of the molecule is COCCCn1c(C)c(C)c(C#N)c1NC(=O)CSc1n[nH]c(N)n1. The van der Waals surface area contributed by atoms with Crippen molar-refractivity contribution in [1.29, 1.82) is 5.26 Å². The van der Waals surface area contributed by atoms with Crippen LogP contribution in [0, 0.1) is 25.2 Å². The van der Waals surface area contributed by atoms with Gasteiger partial charge in [-0.05, 0) is 25.8 Å². The van der Waals surface area contributed by atoms with Gasteiger partial charge < -0.3 is 20.4 Å². The molecular weight excluding hydrogens is 342 g/mol. The minimum absolute atomic E-state index is 0.115. The van der Waals surface area contributed by atoms with Crippen LogP contribution >= 0.6 is 11.8 Å². The van der Waals surface area contributed by atoms with Crippen molar-refractivity contribution in [2.75, 3.05) is 30.5 Å². The summed E-state index contributed by atoms with van der Waals surface area (Å²) in [5.41, 5.74) is 7.75. The first kappa shape index (κ1) is 18.8. The predicted molar refractivity (Wildman–Crippen MR) is 95.3 cm³/mol. The van der Waals surface area contributed by atoms with E-state index in [1.165, 1.54) is 0 Å². The van der Waals surface area contributed by atoms with Crippen molar-refractivity contribution in [2.24, 2.45) is 0 Å². The number of ether oxygens (including phenoxy) is 1. The van der Waals surface area contributed by atoms with E-state index in [2.05, 4.69) is 26.6 Å². The van der Waals surface area contributed by atoms with Gasteiger partial charge in [-0.2, -0.15) is 10.2 Å². The van der Waals surface area contributed by atoms with Crippen LogP contribution in [0.4, 0.5) is 11.8 Å². The number of nitrogens with two attached hydrogens (primary N) is 1. The monoisotopic (exact) mass is 363 g/mol. The summed E-state index contributed by atoms with van der Waals surface area (Å²) >= 11 is 1.16. The summed E-state index contributed by atoms with van der Waals surface area (Å²) in [7, 11) is 1.64. The lowest BCUT2D eigenvalue weighted by Crippen LogP contribution is -2.18. The van der Waals surface area contributed by atoms with Crippen molar-refractivity contribution < 1.29 is 9.53 Å². The number of methoxy groups -OCH3 is 1. The van der Waals surface area contributed by atoms with E-state index in [-0.39, 0.29) is 17.6 Å². The molecule has 0 aliphatic carbocycles. The van der Waals surface area contributed by atoms with Gasteiger partial charge in [0.05, 0.1) is 11.3 Å². The molecular formula is C15H21N7O2S. The summed E-state index contributed by atoms with van der Waals surface area (Å²) in [4.78, 5) is 16.2. The van der Waals surface area contributed by atoms with Gasteiger partial charge in [0.15, 0.2) is 0 Å². The highest BCUT2D eigenvalue weighted by Gasteiger charge is 2.19. The van der Waals surface area contributed by atoms with Gasteiger partial charge in [0.1, 0.15) is 11.9 Å². The van der Waals surface area contributed by atoms with Crippen molar-refractivity contribution in [3.05, 3.63) is 16.8 Å². The third-order valence-electron chi connectivity index (χ3n) is 3.74. The van der Waals surface area contributed by atoms with E-state index in [0.717, 1.165) is 29.4 Å². The van der Waals surface area contributed by atoms with E-state index in [1.807, 2.05) is 18.4 Å². The molecule has 4 N–H and O–H groups in total. The second kappa shape index (κ2) is 8.55. The zero-order valence-corrected chi connectivity index (χ0v) is 15.2. The van der Waals surface area contributed by atoms with Gasteiger partial charge in [0.2, 0.25) is 17.0 Å². The van der Waals surface area contributed by atoms with Crippen LogP contribution in [0.3, 0.4) is 0 Å². The van der Waals surface area contributed by atoms with E-state index in [9.17, 15) is 10.1 Å². The van der Waals surface area contributed by atoms with Gasteiger partial charge in [-0.1, -0.05) is 11.8 Å². The van der Waals surface area contributed by atoms with Gasteiger partial charge in [-0.3, -0.25) is 4.79 Å². The third kappa shape index (κ3) is 4.52. The number of nitrogens with one attached hydrogen (secondary N) is 2. The van der Waals surface area contributed by atoms with Gasteiger partial charge >= 0.3 is 0 Å². The molecule has 134 valence electrons. The molecule has 2 aromatic heterocycles. The first-order valence-corrected chi connectivity index (χ1v) is 8.65. The molecule has 0 saturated heterocycles. The van der Waals surface area contributed by atoms with Crippen molar-refractivity contribution in [1.82, 2.24) is 19.7 Å². The van der Waals surface area contributed by atoms with Crippen LogP contribution in [0.2, 0.25) is 0 Å². The number of carbonyl (C=O) groups excluding carboxylic acids is 1. The Balaban J connectivity index is 2.11. The lowest BCUT2D eigenvalue weighted by atomic mass is 10.2. The molecule has 0 radical (unpaired) electrons. The minimum atomic E-state index is -0.240. The molecule has 0 fully saturated rings. The highest BCUT2D eigenvalue weighted by molar-refractivity contribution is 7.99. The Kier molecular flexibility index (Phi) is 6.44. The molecule has 0 aliphatic rings. The molecule has 2 rings (SSSR count). The average molecular weight is 363 g/mol. The second-order valence-electron chi connectivity index (χ2n) is 5.38. The number of nitriles is 1. The van der Waals surface area contributed by atoms with E-state index >= 15 is 0 Å². The first-order chi connectivity index (χ1) is 12.0. The molecule has 0 bridgehead atoms. The third-order valence-corrected chi connectivity index (χ3v) is 4.59. The molecule has 0 aliphatic heterocycles. The Morgan fingerprint density at radius 1 is 1.52 bits per heavy atom. The van der Waals surface area contributed by atoms with Crippen molar-refractivity contribution >= 4 is 29.4 Å². The molecule has 2 aromatic rings. The molecule has 0 unspecified atom stereocenters. The average Bonchev–Trinajstić information content (AvgIpc) is 3.10. The van der Waals surface area contributed by atoms with Crippen molar-refractivity contribution in [3.63, 3.8) is 0 Å². The zero-order chi connectivity index (χ0) is 18.4. The Labute approximate surface area is 149 Å². The first-order valence-electron chi connectivity index (χ1n) is 7.67. The predicted octanol–water partition coefficient (Wildman–Crippen LogP) is 1.44. The number of thioether (sulfide) groups is 1. The molecule has 9 nitrogen and oxygen atoms in total. The number of nitrogens with zero attached hydrogens (tertiary/aromatic N) is 4. The largest absolute Gasteiger partial charge is 0.385 e. The molecule has 0 saturated carbocycles. The Bertz CT molecular complexity index is 791. The number of nitrogen functional groups attached to an aromatic ring is 1. The Morgan fingerprint density at radius 2 is 2.28 bits per heavy atom. The minimum Gasteiger partial charge on any atom is -0.385 e. The lowest BCUT2D eigenvalue weighted by molar-refractivity contribution is -0.113. The number of amides is 1. The summed E-state index contributed by atoms with van der Waals surface area (Å²) < 4.78 is 7.03. The van der Waals surface area contributed by atoms with Crippen LogP contribution in [-0.4, -0.2) is 45.1 Å². The fourth-order valence-electron chi connectivity index (χ4n) is 2.40. The number of hydrogen-bond donors (Lipinski definition) is 3. The van der Waals surface area contributed by atoms with Gasteiger partial charge in [-0.15, -0.1) is 5.10 Å². The maximum atomic E-state index is 12.3. The molecule has 0 atom stereocenters. The molecule has 0 aromatic carbocycles. The smallest absolute Gasteiger partial charge is 0.235 e. The maximum Gasteiger partial charge on any atom is 0.235 e. The number of hydrogen-bond acceptors (Lipinski definition) is 7. The van der Waals surface area contributed by atoms with Gasteiger partial charge in [0.25, 0.3) is 0 Å². The number of aromatic amines is 1. The normalized spacial score (nSPS) is 10.6. The maximum absolute atomic E-state index is 12.3. The zero-order valence-electron chi connectivity index (χ0n) is 14.4. The van der Waals surface area contributed by atoms with Crippen LogP contribution in [0.5, 0.6) is 0 Å². The number of carbonyl (C=O) groups is 1. The van der Waals surface area contributed by atoms with E-state index in [0.29, 0.717) is 29.7 Å². The number of aromatic nitrogens is 4. The standard InChI is InChI=1S/C15H21N7O2S/c1-9-10(2)22(5-4-6-24-3)13(11(9)7-16)18-12(23)8-25-15-19-14(17)20-21-15/h4-6,8H2,1-3H3,(H,18,23)(H3,17,19,20,21). The Hall–Kier alpha value is -2.51. The van der Waals surface area contributed by atoms with Crippen LogP contribution < -0.4 is 11.1 Å². The number of H-pyrrole nitrogens is 1. The molecule has 10 heteroatoms. The Morgan fingerprint density at radius 3 is 2.88 bits per heavy atom. The van der Waals surface area contributed by atoms with Crippen molar-refractivity contribution in [3.8, 4) is 6.07 Å². The van der Waals surface area contributed by atoms with Crippen molar-refractivity contribution in [2.45, 2.75) is 32.0 Å². The van der Waals surface area contributed by atoms with Crippen LogP contribution in [0.15, 0.2) is 5.16 Å². The van der Waals surface area contributed by atoms with E-state index in [4.69, 9.17) is 10.5 Å². The summed E-state index contributed by atoms with van der Waals surface area (Å²) in [5.74, 6) is 0.598. The lowest BCUT2D eigenvalue weighted by Gasteiger charge is -2.12. The molecule has 0 spiro atoms. The summed E-state index contributed by atoms with van der Waals surface area (Å²) in [5, 5.41) is 19.1. The summed E-state index contributed by atoms with van der Waals surface area (Å²) in [6.45, 7) is 5.07. The molecule has 2 heterocycles. The quantitative estimate of drug-likeness (QED) is 0.477. The van der Waals surface area contributed by atoms with Crippen LogP contribution in [0.25, 0.3) is 0 Å². The second-order valence-corrected chi connectivity index (χ2v) is 6.33. The fraction of sp³-hybridized carbons (Fsp3) is 0.467. The fourth-order valence-corrected chi connectivity index (χ4v) is 3.00. The molecule has 25 heavy (non-hydrogen) atoms. The van der Waals surface area contributed by atoms with Gasteiger partial charge in [0, 0.05) is 26.0 Å². The van der Waals surface area contributed by atoms with Gasteiger partial charge in [-0.25, -0.2) is 5.10 Å². The number of anilines is 2. The van der Waals surface area contributed by atoms with E-state index in [1.54, 1.807) is 7.11 Å². The highest BCUT2D eigenvalue weighted by atomic mass is 32.2. The van der Waals surface area contributed by atoms with Crippen LogP contribution in [-0.2, 0) is 16.1 Å². The number of rotatable bonds is 8. The topological polar surface area (TPSA) is 135 Å². The van der Waals surface area contributed by atoms with E-state index < -0.39 is 0 Å².